The first-order chi connectivity index (χ1) is 11.4. The smallest absolute Gasteiger partial charge is 0.522 e. The van der Waals surface area contributed by atoms with Gasteiger partial charge in [0, 0.05) is 5.46 Å². The fraction of sp³-hybridized carbons (Fsp3) is 0. The van der Waals surface area contributed by atoms with Gasteiger partial charge in [-0.15, -0.1) is 0 Å². The molecule has 0 atom stereocenters. The van der Waals surface area contributed by atoms with E-state index in [0.717, 1.165) is 0 Å². The van der Waals surface area contributed by atoms with Crippen LogP contribution in [0.25, 0.3) is 0 Å². The molecule has 0 saturated carbocycles. The summed E-state index contributed by atoms with van der Waals surface area (Å²) in [5.74, 6) is 1.36. The van der Waals surface area contributed by atoms with Gasteiger partial charge in [0.1, 0.15) is 11.5 Å². The van der Waals surface area contributed by atoms with Gasteiger partial charge in [-0.05, 0) is 30.3 Å². The van der Waals surface area contributed by atoms with Crippen molar-refractivity contribution in [2.45, 2.75) is 0 Å². The lowest BCUT2D eigenvalue weighted by molar-refractivity contribution is 0.439. The summed E-state index contributed by atoms with van der Waals surface area (Å²) in [5.41, 5.74) is 1.23. The van der Waals surface area contributed by atoms with Crippen molar-refractivity contribution in [3.8, 4) is 17.6 Å². The second kappa shape index (κ2) is 7.19. The predicted octanol–water partition coefficient (Wildman–Crippen LogP) is 3.41. The topological polar surface area (TPSA) is 42.2 Å². The van der Waals surface area contributed by atoms with E-state index in [4.69, 9.17) is 9.31 Å². The Hall–Kier alpha value is -3.19. The molecule has 0 radical (unpaired) electrons. The van der Waals surface area contributed by atoms with E-state index >= 15 is 0 Å². The number of para-hydroxylation sites is 2. The normalized spacial score (nSPS) is 9.70. The monoisotopic (exact) mass is 299 g/mol. The molecule has 0 aliphatic rings. The number of nitriles is 1. The fourth-order valence-corrected chi connectivity index (χ4v) is 2.20. The minimum atomic E-state index is -0.698. The maximum atomic E-state index is 9.34. The van der Waals surface area contributed by atoms with E-state index in [1.165, 1.54) is 0 Å². The average Bonchev–Trinajstić information content (AvgIpc) is 2.63. The number of nitrogens with zero attached hydrogens (tertiary/aromatic N) is 1. The molecule has 3 aromatic carbocycles. The van der Waals surface area contributed by atoms with Crippen LogP contribution in [0.15, 0.2) is 84.9 Å². The van der Waals surface area contributed by atoms with Crippen LogP contribution >= 0.6 is 0 Å². The largest absolute Gasteiger partial charge is 0.634 e. The van der Waals surface area contributed by atoms with Crippen LogP contribution in [-0.2, 0) is 0 Å². The average molecular weight is 299 g/mol. The summed E-state index contributed by atoms with van der Waals surface area (Å²) in [7, 11) is -0.698. The minimum absolute atomic E-state index is 0.532. The number of hydrogen-bond donors (Lipinski definition) is 0. The molecule has 110 valence electrons. The van der Waals surface area contributed by atoms with Crippen LogP contribution in [0.4, 0.5) is 0 Å². The van der Waals surface area contributed by atoms with Crippen LogP contribution in [0.1, 0.15) is 5.56 Å². The second-order valence-corrected chi connectivity index (χ2v) is 4.89. The van der Waals surface area contributed by atoms with Crippen molar-refractivity contribution in [3.05, 3.63) is 90.5 Å². The van der Waals surface area contributed by atoms with Gasteiger partial charge in [0.25, 0.3) is 0 Å². The zero-order valence-corrected chi connectivity index (χ0v) is 12.4. The second-order valence-electron chi connectivity index (χ2n) is 4.89. The predicted molar refractivity (Wildman–Crippen MR) is 90.7 cm³/mol. The molecule has 0 amide bonds. The molecule has 0 saturated heterocycles. The van der Waals surface area contributed by atoms with Gasteiger partial charge in [-0.2, -0.15) is 5.26 Å². The quantitative estimate of drug-likeness (QED) is 0.678. The highest BCUT2D eigenvalue weighted by molar-refractivity contribution is 6.63. The van der Waals surface area contributed by atoms with Gasteiger partial charge < -0.3 is 9.31 Å². The van der Waals surface area contributed by atoms with Crippen LogP contribution in [-0.4, -0.2) is 7.12 Å². The van der Waals surface area contributed by atoms with E-state index in [0.29, 0.717) is 22.5 Å². The van der Waals surface area contributed by atoms with E-state index in [9.17, 15) is 5.26 Å². The van der Waals surface area contributed by atoms with Crippen molar-refractivity contribution in [3.63, 3.8) is 0 Å². The molecule has 0 aromatic heterocycles. The van der Waals surface area contributed by atoms with Gasteiger partial charge in [0.05, 0.1) is 11.6 Å². The summed E-state index contributed by atoms with van der Waals surface area (Å²) in [4.78, 5) is 0. The molecule has 0 aliphatic heterocycles. The number of rotatable bonds is 5. The fourth-order valence-electron chi connectivity index (χ4n) is 2.20. The molecule has 0 unspecified atom stereocenters. The highest BCUT2D eigenvalue weighted by atomic mass is 16.6. The Labute approximate surface area is 135 Å². The molecule has 23 heavy (non-hydrogen) atoms. The van der Waals surface area contributed by atoms with E-state index in [2.05, 4.69) is 6.07 Å². The summed E-state index contributed by atoms with van der Waals surface area (Å²) in [6.45, 7) is 0. The van der Waals surface area contributed by atoms with Gasteiger partial charge in [-0.1, -0.05) is 54.6 Å². The Balaban J connectivity index is 1.94. The van der Waals surface area contributed by atoms with Crippen LogP contribution in [0.2, 0.25) is 0 Å². The highest BCUT2D eigenvalue weighted by Crippen LogP contribution is 2.15. The minimum Gasteiger partial charge on any atom is -0.522 e. The SMILES string of the molecule is N#Cc1ccccc1B(Oc1ccccc1)Oc1ccccc1. The van der Waals surface area contributed by atoms with Crippen LogP contribution in [0, 0.1) is 11.3 Å². The lowest BCUT2D eigenvalue weighted by atomic mass is 9.75. The Morgan fingerprint density at radius 1 is 0.652 bits per heavy atom. The zero-order valence-electron chi connectivity index (χ0n) is 12.4. The maximum absolute atomic E-state index is 9.34. The summed E-state index contributed by atoms with van der Waals surface area (Å²) in [6, 6.07) is 28.3. The first-order valence-corrected chi connectivity index (χ1v) is 7.29. The molecule has 0 heterocycles. The molecule has 0 bridgehead atoms. The highest BCUT2D eigenvalue weighted by Gasteiger charge is 2.29. The number of benzene rings is 3. The molecule has 0 aliphatic carbocycles. The summed E-state index contributed by atoms with van der Waals surface area (Å²) >= 11 is 0. The van der Waals surface area contributed by atoms with Crippen molar-refractivity contribution in [2.75, 3.05) is 0 Å². The Morgan fingerprint density at radius 2 is 1.13 bits per heavy atom. The Morgan fingerprint density at radius 3 is 1.65 bits per heavy atom. The van der Waals surface area contributed by atoms with Crippen molar-refractivity contribution < 1.29 is 9.31 Å². The third-order valence-electron chi connectivity index (χ3n) is 3.31. The van der Waals surface area contributed by atoms with Crippen molar-refractivity contribution >= 4 is 12.6 Å². The van der Waals surface area contributed by atoms with Crippen LogP contribution in [0.5, 0.6) is 11.5 Å². The summed E-state index contributed by atoms with van der Waals surface area (Å²) in [5, 5.41) is 9.34. The molecular formula is C19H14BNO2. The molecule has 3 rings (SSSR count). The van der Waals surface area contributed by atoms with E-state index < -0.39 is 7.12 Å². The molecule has 0 N–H and O–H groups in total. The lowest BCUT2D eigenvalue weighted by Gasteiger charge is -2.17. The summed E-state index contributed by atoms with van der Waals surface area (Å²) in [6.07, 6.45) is 0. The van der Waals surface area contributed by atoms with Crippen molar-refractivity contribution in [2.24, 2.45) is 0 Å². The molecular weight excluding hydrogens is 285 g/mol. The van der Waals surface area contributed by atoms with Gasteiger partial charge in [0.15, 0.2) is 0 Å². The molecule has 4 heteroatoms. The van der Waals surface area contributed by atoms with Gasteiger partial charge in [-0.3, -0.25) is 0 Å². The van der Waals surface area contributed by atoms with Gasteiger partial charge in [0.2, 0.25) is 0 Å². The van der Waals surface area contributed by atoms with Crippen molar-refractivity contribution in [1.29, 1.82) is 5.26 Å². The molecule has 3 nitrogen and oxygen atoms in total. The van der Waals surface area contributed by atoms with Crippen LogP contribution < -0.4 is 14.8 Å². The summed E-state index contributed by atoms with van der Waals surface area (Å²) < 4.78 is 11.9. The first kappa shape index (κ1) is 14.7. The van der Waals surface area contributed by atoms with Crippen LogP contribution in [0.3, 0.4) is 0 Å². The maximum Gasteiger partial charge on any atom is 0.634 e. The Bertz CT molecular complexity index is 759. The third kappa shape index (κ3) is 3.72. The third-order valence-corrected chi connectivity index (χ3v) is 3.31. The van der Waals surface area contributed by atoms with E-state index in [-0.39, 0.29) is 0 Å². The molecule has 0 fully saturated rings. The van der Waals surface area contributed by atoms with E-state index in [1.807, 2.05) is 78.9 Å². The first-order valence-electron chi connectivity index (χ1n) is 7.29. The van der Waals surface area contributed by atoms with Crippen molar-refractivity contribution in [1.82, 2.24) is 0 Å². The standard InChI is InChI=1S/C19H14BNO2/c21-15-16-9-7-8-14-19(16)20(22-17-10-3-1-4-11-17)23-18-12-5-2-6-13-18/h1-14H. The Kier molecular flexibility index (Phi) is 4.61. The molecule has 3 aromatic rings. The van der Waals surface area contributed by atoms with E-state index in [1.54, 1.807) is 6.07 Å². The van der Waals surface area contributed by atoms with Gasteiger partial charge >= 0.3 is 7.12 Å². The number of hydrogen-bond acceptors (Lipinski definition) is 3. The lowest BCUT2D eigenvalue weighted by Crippen LogP contribution is -2.44. The zero-order chi connectivity index (χ0) is 15.9. The molecule has 0 spiro atoms. The van der Waals surface area contributed by atoms with Gasteiger partial charge in [-0.25, -0.2) is 0 Å².